The van der Waals surface area contributed by atoms with E-state index in [2.05, 4.69) is 22.0 Å². The van der Waals surface area contributed by atoms with Crippen LogP contribution in [0.2, 0.25) is 0 Å². The van der Waals surface area contributed by atoms with E-state index in [1.165, 1.54) is 0 Å². The Bertz CT molecular complexity index is 336. The Morgan fingerprint density at radius 2 is 2.36 bits per heavy atom. The predicted octanol–water partition coefficient (Wildman–Crippen LogP) is 1.68. The van der Waals surface area contributed by atoms with E-state index in [9.17, 15) is 0 Å². The highest BCUT2D eigenvalue weighted by molar-refractivity contribution is 5.94. The van der Waals surface area contributed by atoms with Crippen LogP contribution in [0.1, 0.15) is 26.6 Å². The molecule has 0 spiro atoms. The van der Waals surface area contributed by atoms with Crippen molar-refractivity contribution < 1.29 is 0 Å². The maximum absolute atomic E-state index is 4.36. The molecule has 4 nitrogen and oxygen atoms in total. The van der Waals surface area contributed by atoms with Gasteiger partial charge in [0.1, 0.15) is 12.2 Å². The first kappa shape index (κ1) is 10.6. The molecule has 0 unspecified atom stereocenters. The fraction of sp³-hybridized carbons (Fsp3) is 0.500. The van der Waals surface area contributed by atoms with Gasteiger partial charge in [-0.05, 0) is 19.9 Å². The summed E-state index contributed by atoms with van der Waals surface area (Å²) >= 11 is 0. The van der Waals surface area contributed by atoms with Gasteiger partial charge in [-0.15, -0.1) is 0 Å². The number of rotatable bonds is 3. The zero-order valence-electron chi connectivity index (χ0n) is 8.94. The Kier molecular flexibility index (Phi) is 4.04. The van der Waals surface area contributed by atoms with Crippen LogP contribution in [0.5, 0.6) is 0 Å². The van der Waals surface area contributed by atoms with Gasteiger partial charge in [-0.3, -0.25) is 4.99 Å². The Hall–Kier alpha value is -1.45. The lowest BCUT2D eigenvalue weighted by Gasteiger charge is -2.03. The number of aromatic nitrogens is 3. The Morgan fingerprint density at radius 3 is 2.93 bits per heavy atom. The molecule has 1 heterocycles. The number of hydrogen-bond acceptors (Lipinski definition) is 3. The van der Waals surface area contributed by atoms with E-state index in [0.29, 0.717) is 0 Å². The van der Waals surface area contributed by atoms with E-state index >= 15 is 0 Å². The van der Waals surface area contributed by atoms with Crippen molar-refractivity contribution in [2.24, 2.45) is 4.99 Å². The smallest absolute Gasteiger partial charge is 0.150 e. The molecular formula is C10H16N4. The number of aryl methyl sites for hydroxylation is 1. The highest BCUT2D eigenvalue weighted by atomic mass is 15.4. The van der Waals surface area contributed by atoms with E-state index in [4.69, 9.17) is 0 Å². The van der Waals surface area contributed by atoms with Crippen molar-refractivity contribution >= 4 is 5.84 Å². The molecule has 76 valence electrons. The van der Waals surface area contributed by atoms with Gasteiger partial charge in [0.15, 0.2) is 5.84 Å². The normalized spacial score (nSPS) is 12.6. The molecule has 0 aromatic carbocycles. The lowest BCUT2D eigenvalue weighted by molar-refractivity contribution is 0.837. The van der Waals surface area contributed by atoms with Gasteiger partial charge >= 0.3 is 0 Å². The monoisotopic (exact) mass is 192 g/mol. The lowest BCUT2D eigenvalue weighted by atomic mass is 10.4. The minimum Gasteiger partial charge on any atom is -0.267 e. The van der Waals surface area contributed by atoms with E-state index < -0.39 is 0 Å². The van der Waals surface area contributed by atoms with Crippen molar-refractivity contribution in [2.45, 2.75) is 27.2 Å². The average molecular weight is 192 g/mol. The number of allylic oxidation sites excluding steroid dienone is 2. The van der Waals surface area contributed by atoms with Crippen LogP contribution in [-0.4, -0.2) is 27.1 Å². The molecule has 0 atom stereocenters. The second-order valence-corrected chi connectivity index (χ2v) is 2.77. The second-order valence-electron chi connectivity index (χ2n) is 2.77. The van der Waals surface area contributed by atoms with Gasteiger partial charge in [-0.1, -0.05) is 13.0 Å². The summed E-state index contributed by atoms with van der Waals surface area (Å²) in [4.78, 5) is 8.51. The van der Waals surface area contributed by atoms with Crippen LogP contribution < -0.4 is 0 Å². The summed E-state index contributed by atoms with van der Waals surface area (Å²) < 4.78 is 1.78. The zero-order chi connectivity index (χ0) is 10.4. The molecule has 4 heteroatoms. The summed E-state index contributed by atoms with van der Waals surface area (Å²) in [5.74, 6) is 1.79. The van der Waals surface area contributed by atoms with Crippen LogP contribution in [0, 0.1) is 0 Å². The lowest BCUT2D eigenvalue weighted by Crippen LogP contribution is -2.14. The van der Waals surface area contributed by atoms with Crippen LogP contribution in [-0.2, 0) is 6.42 Å². The molecule has 0 amide bonds. The fourth-order valence-corrected chi connectivity index (χ4v) is 1.20. The molecule has 1 aromatic rings. The number of hydrogen-bond donors (Lipinski definition) is 0. The van der Waals surface area contributed by atoms with Crippen LogP contribution in [0.25, 0.3) is 0 Å². The average Bonchev–Trinajstić information content (AvgIpc) is 2.65. The molecule has 0 aliphatic rings. The maximum atomic E-state index is 4.36. The van der Waals surface area contributed by atoms with Gasteiger partial charge in [0.2, 0.25) is 0 Å². The van der Waals surface area contributed by atoms with Gasteiger partial charge in [-0.2, -0.15) is 9.78 Å². The Morgan fingerprint density at radius 1 is 1.57 bits per heavy atom. The van der Waals surface area contributed by atoms with Gasteiger partial charge in [0.25, 0.3) is 0 Å². The maximum Gasteiger partial charge on any atom is 0.150 e. The summed E-state index contributed by atoms with van der Waals surface area (Å²) in [6, 6.07) is 0. The van der Waals surface area contributed by atoms with Crippen LogP contribution in [0.3, 0.4) is 0 Å². The first-order valence-electron chi connectivity index (χ1n) is 4.89. The van der Waals surface area contributed by atoms with Crippen molar-refractivity contribution in [3.63, 3.8) is 0 Å². The Labute approximate surface area is 84.4 Å². The molecule has 1 aromatic heterocycles. The first-order chi connectivity index (χ1) is 6.83. The summed E-state index contributed by atoms with van der Waals surface area (Å²) in [7, 11) is 0. The second kappa shape index (κ2) is 5.32. The van der Waals surface area contributed by atoms with E-state index in [1.807, 2.05) is 26.0 Å². The molecule has 0 fully saturated rings. The molecule has 0 bridgehead atoms. The molecular weight excluding hydrogens is 176 g/mol. The van der Waals surface area contributed by atoms with Gasteiger partial charge in [-0.25, -0.2) is 4.98 Å². The number of nitrogens with zero attached hydrogens (tertiary/aromatic N) is 4. The van der Waals surface area contributed by atoms with Crippen LogP contribution >= 0.6 is 0 Å². The summed E-state index contributed by atoms with van der Waals surface area (Å²) in [5, 5.41) is 4.15. The third-order valence-corrected chi connectivity index (χ3v) is 1.79. The van der Waals surface area contributed by atoms with Crippen molar-refractivity contribution in [1.82, 2.24) is 14.8 Å². The zero-order valence-corrected chi connectivity index (χ0v) is 8.94. The molecule has 0 saturated heterocycles. The van der Waals surface area contributed by atoms with Gasteiger partial charge < -0.3 is 0 Å². The van der Waals surface area contributed by atoms with E-state index in [0.717, 1.165) is 24.6 Å². The van der Waals surface area contributed by atoms with Gasteiger partial charge in [0, 0.05) is 13.0 Å². The van der Waals surface area contributed by atoms with E-state index in [-0.39, 0.29) is 0 Å². The standard InChI is InChI=1S/C10H16N4/c1-4-7-10(11-6-3)14-9(5-2)12-8-13-14/h4,7-8H,5-6H2,1-3H3/b7-4-,11-10+. The van der Waals surface area contributed by atoms with Crippen LogP contribution in [0.4, 0.5) is 0 Å². The van der Waals surface area contributed by atoms with Crippen molar-refractivity contribution in [3.8, 4) is 0 Å². The summed E-state index contributed by atoms with van der Waals surface area (Å²) in [6.45, 7) is 6.78. The molecule has 1 rings (SSSR count). The molecule has 0 aliphatic heterocycles. The molecule has 0 radical (unpaired) electrons. The SMILES string of the molecule is C/C=C\C(=N/CC)n1ncnc1CC. The topological polar surface area (TPSA) is 43.1 Å². The number of aliphatic imine (C=N–C) groups is 1. The minimum atomic E-state index is 0.753. The third kappa shape index (κ3) is 2.28. The molecule has 0 N–H and O–H groups in total. The van der Waals surface area contributed by atoms with E-state index in [1.54, 1.807) is 11.0 Å². The largest absolute Gasteiger partial charge is 0.267 e. The molecule has 14 heavy (non-hydrogen) atoms. The predicted molar refractivity (Wildman–Crippen MR) is 57.6 cm³/mol. The van der Waals surface area contributed by atoms with Gasteiger partial charge in [0.05, 0.1) is 0 Å². The van der Waals surface area contributed by atoms with Crippen molar-refractivity contribution in [2.75, 3.05) is 6.54 Å². The highest BCUT2D eigenvalue weighted by Crippen LogP contribution is 1.97. The fourth-order valence-electron chi connectivity index (χ4n) is 1.20. The highest BCUT2D eigenvalue weighted by Gasteiger charge is 2.04. The molecule has 0 aliphatic carbocycles. The third-order valence-electron chi connectivity index (χ3n) is 1.79. The summed E-state index contributed by atoms with van der Waals surface area (Å²) in [6.07, 6.45) is 6.32. The van der Waals surface area contributed by atoms with Crippen molar-refractivity contribution in [1.29, 1.82) is 0 Å². The first-order valence-corrected chi connectivity index (χ1v) is 4.89. The minimum absolute atomic E-state index is 0.753. The molecule has 0 saturated carbocycles. The summed E-state index contributed by atoms with van der Waals surface area (Å²) in [5.41, 5.74) is 0. The Balaban J connectivity index is 3.04. The van der Waals surface area contributed by atoms with Crippen molar-refractivity contribution in [3.05, 3.63) is 24.3 Å². The quantitative estimate of drug-likeness (QED) is 0.540. The van der Waals surface area contributed by atoms with Crippen LogP contribution in [0.15, 0.2) is 23.5 Å².